The van der Waals surface area contributed by atoms with Gasteiger partial charge in [-0.05, 0) is 40.2 Å². The maximum absolute atomic E-state index is 5.36. The number of aliphatic imine (C=N–C) groups is 1. The third kappa shape index (κ3) is 4.84. The highest BCUT2D eigenvalue weighted by Gasteiger charge is 2.19. The molecule has 0 unspecified atom stereocenters. The normalized spacial score (nSPS) is 16.6. The van der Waals surface area contributed by atoms with E-state index >= 15 is 0 Å². The predicted molar refractivity (Wildman–Crippen MR) is 103 cm³/mol. The van der Waals surface area contributed by atoms with Crippen LogP contribution in [0, 0.1) is 0 Å². The number of hydrogen-bond donors (Lipinski definition) is 1. The molecule has 0 spiro atoms. The van der Waals surface area contributed by atoms with E-state index in [1.54, 1.807) is 6.26 Å². The molecule has 2 aromatic heterocycles. The molecule has 3 rings (SSSR count). The van der Waals surface area contributed by atoms with Crippen molar-refractivity contribution in [1.29, 1.82) is 0 Å². The summed E-state index contributed by atoms with van der Waals surface area (Å²) in [5, 5.41) is 3.44. The fourth-order valence-electron chi connectivity index (χ4n) is 2.86. The van der Waals surface area contributed by atoms with Gasteiger partial charge in [-0.2, -0.15) is 0 Å². The van der Waals surface area contributed by atoms with Crippen molar-refractivity contribution in [2.24, 2.45) is 4.99 Å². The molecule has 0 atom stereocenters. The van der Waals surface area contributed by atoms with Gasteiger partial charge in [0.05, 0.1) is 10.0 Å². The molecule has 0 radical (unpaired) electrons. The monoisotopic (exact) mass is 410 g/mol. The van der Waals surface area contributed by atoms with Crippen molar-refractivity contribution >= 4 is 33.2 Å². The zero-order chi connectivity index (χ0) is 16.8. The zero-order valence-electron chi connectivity index (χ0n) is 13.9. The van der Waals surface area contributed by atoms with Crippen LogP contribution in [0.4, 0.5) is 0 Å². The molecule has 1 aliphatic rings. The van der Waals surface area contributed by atoms with E-state index < -0.39 is 0 Å². The first-order valence-electron chi connectivity index (χ1n) is 8.19. The zero-order valence-corrected chi connectivity index (χ0v) is 16.3. The molecular formula is C17H23BrN4OS. The third-order valence-corrected chi connectivity index (χ3v) is 5.73. The van der Waals surface area contributed by atoms with Crippen molar-refractivity contribution in [3.63, 3.8) is 0 Å². The minimum Gasteiger partial charge on any atom is -0.469 e. The molecule has 1 N–H and O–H groups in total. The number of hydrogen-bond acceptors (Lipinski definition) is 4. The van der Waals surface area contributed by atoms with Gasteiger partial charge >= 0.3 is 0 Å². The minimum absolute atomic E-state index is 0.837. The van der Waals surface area contributed by atoms with Crippen molar-refractivity contribution in [2.45, 2.75) is 13.0 Å². The Bertz CT molecular complexity index is 647. The Morgan fingerprint density at radius 2 is 2.12 bits per heavy atom. The topological polar surface area (TPSA) is 44.0 Å². The Morgan fingerprint density at radius 3 is 2.75 bits per heavy atom. The minimum atomic E-state index is 0.837. The van der Waals surface area contributed by atoms with Crippen molar-refractivity contribution in [2.75, 3.05) is 39.8 Å². The second-order valence-corrected chi connectivity index (χ2v) is 8.32. The summed E-state index contributed by atoms with van der Waals surface area (Å²) in [6.07, 6.45) is 2.59. The number of rotatable bonds is 5. The summed E-state index contributed by atoms with van der Waals surface area (Å²) in [4.78, 5) is 10.7. The molecule has 24 heavy (non-hydrogen) atoms. The van der Waals surface area contributed by atoms with Gasteiger partial charge in [0.15, 0.2) is 5.96 Å². The van der Waals surface area contributed by atoms with Crippen LogP contribution >= 0.6 is 27.3 Å². The summed E-state index contributed by atoms with van der Waals surface area (Å²) in [6, 6.07) is 8.26. The average Bonchev–Trinajstić information content (AvgIpc) is 3.24. The van der Waals surface area contributed by atoms with Gasteiger partial charge in [-0.15, -0.1) is 11.3 Å². The predicted octanol–water partition coefficient (Wildman–Crippen LogP) is 3.04. The second kappa shape index (κ2) is 8.69. The smallest absolute Gasteiger partial charge is 0.193 e. The molecule has 130 valence electrons. The molecule has 1 fully saturated rings. The standard InChI is InChI=1S/C17H23BrN4OS/c1-19-17(20-7-6-14-3-2-12-23-14)22-10-8-21(9-11-22)13-15-4-5-16(18)24-15/h2-5,12H,6-11,13H2,1H3,(H,19,20). The molecule has 0 aliphatic carbocycles. The fraction of sp³-hybridized carbons (Fsp3) is 0.471. The lowest BCUT2D eigenvalue weighted by molar-refractivity contribution is 0.174. The lowest BCUT2D eigenvalue weighted by Crippen LogP contribution is -2.52. The lowest BCUT2D eigenvalue weighted by atomic mass is 10.3. The summed E-state index contributed by atoms with van der Waals surface area (Å²) in [6.45, 7) is 6.01. The molecule has 3 heterocycles. The van der Waals surface area contributed by atoms with Crippen LogP contribution in [0.1, 0.15) is 10.6 Å². The fourth-order valence-corrected chi connectivity index (χ4v) is 4.39. The van der Waals surface area contributed by atoms with Gasteiger partial charge in [0.1, 0.15) is 5.76 Å². The van der Waals surface area contributed by atoms with Crippen LogP contribution in [0.15, 0.2) is 43.7 Å². The highest BCUT2D eigenvalue weighted by Crippen LogP contribution is 2.23. The first-order chi connectivity index (χ1) is 11.7. The van der Waals surface area contributed by atoms with E-state index in [-0.39, 0.29) is 0 Å². The van der Waals surface area contributed by atoms with Crippen molar-refractivity contribution in [3.05, 3.63) is 45.0 Å². The third-order valence-electron chi connectivity index (χ3n) is 4.13. The molecule has 0 bridgehead atoms. The molecule has 0 saturated carbocycles. The van der Waals surface area contributed by atoms with E-state index in [4.69, 9.17) is 4.42 Å². The maximum Gasteiger partial charge on any atom is 0.193 e. The van der Waals surface area contributed by atoms with Gasteiger partial charge in [-0.25, -0.2) is 0 Å². The number of piperazine rings is 1. The molecule has 2 aromatic rings. The number of thiophene rings is 1. The molecule has 1 aliphatic heterocycles. The molecule has 1 saturated heterocycles. The van der Waals surface area contributed by atoms with Gasteiger partial charge in [-0.1, -0.05) is 0 Å². The van der Waals surface area contributed by atoms with Crippen molar-refractivity contribution in [1.82, 2.24) is 15.1 Å². The van der Waals surface area contributed by atoms with E-state index in [9.17, 15) is 0 Å². The summed E-state index contributed by atoms with van der Waals surface area (Å²) >= 11 is 5.35. The van der Waals surface area contributed by atoms with Gasteiger partial charge in [0.2, 0.25) is 0 Å². The Balaban J connectivity index is 1.42. The SMILES string of the molecule is CN=C(NCCc1ccco1)N1CCN(Cc2ccc(Br)s2)CC1. The highest BCUT2D eigenvalue weighted by atomic mass is 79.9. The molecule has 0 aromatic carbocycles. The van der Waals surface area contributed by atoms with E-state index in [2.05, 4.69) is 48.2 Å². The van der Waals surface area contributed by atoms with Crippen molar-refractivity contribution in [3.8, 4) is 0 Å². The molecule has 5 nitrogen and oxygen atoms in total. The summed E-state index contributed by atoms with van der Waals surface area (Å²) in [5.74, 6) is 1.99. The van der Waals surface area contributed by atoms with Crippen LogP contribution in [0.3, 0.4) is 0 Å². The average molecular weight is 411 g/mol. The number of halogens is 1. The van der Waals surface area contributed by atoms with Crippen LogP contribution in [0.25, 0.3) is 0 Å². The summed E-state index contributed by atoms with van der Waals surface area (Å²) in [7, 11) is 1.85. The Morgan fingerprint density at radius 1 is 1.29 bits per heavy atom. The van der Waals surface area contributed by atoms with E-state index in [1.165, 1.54) is 8.66 Å². The number of nitrogens with zero attached hydrogens (tertiary/aromatic N) is 3. The Labute approximate surface area is 155 Å². The van der Waals surface area contributed by atoms with E-state index in [0.717, 1.165) is 57.4 Å². The number of nitrogens with one attached hydrogen (secondary N) is 1. The Kier molecular flexibility index (Phi) is 6.34. The summed E-state index contributed by atoms with van der Waals surface area (Å²) < 4.78 is 6.57. The lowest BCUT2D eigenvalue weighted by Gasteiger charge is -2.36. The van der Waals surface area contributed by atoms with Crippen LogP contribution in [0.2, 0.25) is 0 Å². The Hall–Kier alpha value is -1.31. The largest absolute Gasteiger partial charge is 0.469 e. The second-order valence-electron chi connectivity index (χ2n) is 5.77. The molecule has 0 amide bonds. The number of furan rings is 1. The van der Waals surface area contributed by atoms with Gasteiger partial charge < -0.3 is 14.6 Å². The van der Waals surface area contributed by atoms with E-state index in [1.807, 2.05) is 30.5 Å². The quantitative estimate of drug-likeness (QED) is 0.607. The van der Waals surface area contributed by atoms with Gasteiger partial charge in [-0.3, -0.25) is 9.89 Å². The molecule has 7 heteroatoms. The number of guanidine groups is 1. The molecular weight excluding hydrogens is 388 g/mol. The van der Waals surface area contributed by atoms with Gasteiger partial charge in [0, 0.05) is 57.6 Å². The van der Waals surface area contributed by atoms with E-state index in [0.29, 0.717) is 0 Å². The first kappa shape index (κ1) is 17.5. The maximum atomic E-state index is 5.36. The van der Waals surface area contributed by atoms with Crippen LogP contribution < -0.4 is 5.32 Å². The van der Waals surface area contributed by atoms with Crippen molar-refractivity contribution < 1.29 is 4.42 Å². The van der Waals surface area contributed by atoms with Crippen LogP contribution in [-0.4, -0.2) is 55.5 Å². The van der Waals surface area contributed by atoms with Gasteiger partial charge in [0.25, 0.3) is 0 Å². The van der Waals surface area contributed by atoms with Crippen LogP contribution in [0.5, 0.6) is 0 Å². The van der Waals surface area contributed by atoms with Crippen LogP contribution in [-0.2, 0) is 13.0 Å². The first-order valence-corrected chi connectivity index (χ1v) is 9.80. The highest BCUT2D eigenvalue weighted by molar-refractivity contribution is 9.11. The summed E-state index contributed by atoms with van der Waals surface area (Å²) in [5.41, 5.74) is 0.